The number of aromatic nitrogens is 3. The van der Waals surface area contributed by atoms with Gasteiger partial charge in [0.2, 0.25) is 0 Å². The number of nitrogens with one attached hydrogen (secondary N) is 1. The molecule has 2 aromatic rings. The average Bonchev–Trinajstić information content (AvgIpc) is 2.78. The van der Waals surface area contributed by atoms with E-state index in [2.05, 4.69) is 19.7 Å². The van der Waals surface area contributed by atoms with Crippen LogP contribution in [0.2, 0.25) is 0 Å². The average molecular weight is 293 g/mol. The van der Waals surface area contributed by atoms with Crippen molar-refractivity contribution in [1.82, 2.24) is 14.3 Å². The van der Waals surface area contributed by atoms with Gasteiger partial charge < -0.3 is 15.8 Å². The largest absolute Gasteiger partial charge is 0.462 e. The van der Waals surface area contributed by atoms with Gasteiger partial charge in [-0.3, -0.25) is 0 Å². The van der Waals surface area contributed by atoms with Crippen LogP contribution in [0, 0.1) is 6.92 Å². The van der Waals surface area contributed by atoms with Gasteiger partial charge in [0, 0.05) is 6.20 Å². The SMILES string of the molecule is CCOC(=O)c1c(N)nsc1NCc1ccnc(C)n1. The van der Waals surface area contributed by atoms with Gasteiger partial charge in [-0.25, -0.2) is 14.8 Å². The van der Waals surface area contributed by atoms with Crippen molar-refractivity contribution in [2.75, 3.05) is 17.7 Å². The molecule has 8 heteroatoms. The fourth-order valence-electron chi connectivity index (χ4n) is 1.60. The predicted molar refractivity (Wildman–Crippen MR) is 76.6 cm³/mol. The molecule has 0 aromatic carbocycles. The Morgan fingerprint density at radius 2 is 2.35 bits per heavy atom. The van der Waals surface area contributed by atoms with E-state index in [0.717, 1.165) is 17.2 Å². The monoisotopic (exact) mass is 293 g/mol. The molecule has 0 saturated carbocycles. The fourth-order valence-corrected chi connectivity index (χ4v) is 2.29. The Kier molecular flexibility index (Phi) is 4.46. The van der Waals surface area contributed by atoms with Crippen LogP contribution in [0.4, 0.5) is 10.8 Å². The zero-order valence-electron chi connectivity index (χ0n) is 11.2. The molecule has 0 bridgehead atoms. The summed E-state index contributed by atoms with van der Waals surface area (Å²) in [5, 5.41) is 3.68. The van der Waals surface area contributed by atoms with E-state index in [-0.39, 0.29) is 11.4 Å². The summed E-state index contributed by atoms with van der Waals surface area (Å²) in [5.74, 6) is 0.397. The van der Waals surface area contributed by atoms with Crippen molar-refractivity contribution < 1.29 is 9.53 Å². The van der Waals surface area contributed by atoms with Crippen LogP contribution < -0.4 is 11.1 Å². The number of nitrogens with zero attached hydrogens (tertiary/aromatic N) is 3. The quantitative estimate of drug-likeness (QED) is 0.807. The lowest BCUT2D eigenvalue weighted by Gasteiger charge is -2.06. The summed E-state index contributed by atoms with van der Waals surface area (Å²) in [6.45, 7) is 4.30. The van der Waals surface area contributed by atoms with Crippen molar-refractivity contribution in [3.8, 4) is 0 Å². The first-order valence-electron chi connectivity index (χ1n) is 6.06. The maximum atomic E-state index is 11.8. The minimum Gasteiger partial charge on any atom is -0.462 e. The van der Waals surface area contributed by atoms with E-state index < -0.39 is 5.97 Å². The van der Waals surface area contributed by atoms with Crippen molar-refractivity contribution in [3.63, 3.8) is 0 Å². The second-order valence-corrected chi connectivity index (χ2v) is 4.71. The molecule has 20 heavy (non-hydrogen) atoms. The van der Waals surface area contributed by atoms with E-state index >= 15 is 0 Å². The molecule has 7 nitrogen and oxygen atoms in total. The van der Waals surface area contributed by atoms with Crippen LogP contribution in [0.1, 0.15) is 28.8 Å². The number of nitrogen functional groups attached to an aromatic ring is 1. The number of hydrogen-bond donors (Lipinski definition) is 2. The summed E-state index contributed by atoms with van der Waals surface area (Å²) < 4.78 is 8.93. The van der Waals surface area contributed by atoms with Crippen molar-refractivity contribution >= 4 is 28.3 Å². The molecule has 0 saturated heterocycles. The van der Waals surface area contributed by atoms with Gasteiger partial charge in [-0.15, -0.1) is 0 Å². The van der Waals surface area contributed by atoms with Crippen molar-refractivity contribution in [3.05, 3.63) is 29.3 Å². The molecule has 0 radical (unpaired) electrons. The van der Waals surface area contributed by atoms with Gasteiger partial charge in [0.1, 0.15) is 16.4 Å². The number of carbonyl (C=O) groups excluding carboxylic acids is 1. The van der Waals surface area contributed by atoms with Crippen LogP contribution in [0.15, 0.2) is 12.3 Å². The van der Waals surface area contributed by atoms with E-state index in [1.807, 2.05) is 6.92 Å². The lowest BCUT2D eigenvalue weighted by atomic mass is 10.3. The molecule has 2 aromatic heterocycles. The van der Waals surface area contributed by atoms with E-state index in [1.165, 1.54) is 0 Å². The maximum absolute atomic E-state index is 11.8. The third-order valence-corrected chi connectivity index (χ3v) is 3.28. The molecule has 0 spiro atoms. The normalized spacial score (nSPS) is 10.3. The topological polar surface area (TPSA) is 103 Å². The molecular weight excluding hydrogens is 278 g/mol. The number of esters is 1. The predicted octanol–water partition coefficient (Wildman–Crippen LogP) is 1.61. The molecule has 0 unspecified atom stereocenters. The Bertz CT molecular complexity index is 614. The third kappa shape index (κ3) is 3.21. The lowest BCUT2D eigenvalue weighted by Crippen LogP contribution is -2.10. The summed E-state index contributed by atoms with van der Waals surface area (Å²) >= 11 is 1.12. The number of carbonyl (C=O) groups is 1. The highest BCUT2D eigenvalue weighted by atomic mass is 32.1. The highest BCUT2D eigenvalue weighted by Crippen LogP contribution is 2.27. The molecule has 3 N–H and O–H groups in total. The smallest absolute Gasteiger partial charge is 0.344 e. The number of hydrogen-bond acceptors (Lipinski definition) is 8. The molecule has 2 rings (SSSR count). The van der Waals surface area contributed by atoms with Crippen LogP contribution in [0.5, 0.6) is 0 Å². The van der Waals surface area contributed by atoms with Gasteiger partial charge >= 0.3 is 5.97 Å². The zero-order valence-corrected chi connectivity index (χ0v) is 12.0. The molecule has 0 fully saturated rings. The molecule has 0 aliphatic carbocycles. The molecule has 0 aliphatic rings. The molecule has 0 amide bonds. The summed E-state index contributed by atoms with van der Waals surface area (Å²) in [5.41, 5.74) is 6.80. The number of aryl methyl sites for hydroxylation is 1. The highest BCUT2D eigenvalue weighted by Gasteiger charge is 2.20. The van der Waals surface area contributed by atoms with Gasteiger partial charge in [-0.05, 0) is 31.4 Å². The first-order chi connectivity index (χ1) is 9.61. The standard InChI is InChI=1S/C12H15N5O2S/c1-3-19-12(18)9-10(13)17-20-11(9)15-6-8-4-5-14-7(2)16-8/h4-5,15H,3,6H2,1-2H3,(H2,13,17). The van der Waals surface area contributed by atoms with Crippen LogP contribution in [-0.2, 0) is 11.3 Å². The second-order valence-electron chi connectivity index (χ2n) is 3.94. The summed E-state index contributed by atoms with van der Waals surface area (Å²) in [4.78, 5) is 20.1. The summed E-state index contributed by atoms with van der Waals surface area (Å²) in [6.07, 6.45) is 1.69. The third-order valence-electron chi connectivity index (χ3n) is 2.46. The Hall–Kier alpha value is -2.22. The Balaban J connectivity index is 2.12. The molecule has 0 aliphatic heterocycles. The van der Waals surface area contributed by atoms with Crippen molar-refractivity contribution in [1.29, 1.82) is 0 Å². The minimum absolute atomic E-state index is 0.176. The van der Waals surface area contributed by atoms with Crippen LogP contribution in [-0.4, -0.2) is 26.9 Å². The van der Waals surface area contributed by atoms with E-state index in [1.54, 1.807) is 19.2 Å². The second kappa shape index (κ2) is 6.29. The Morgan fingerprint density at radius 3 is 3.05 bits per heavy atom. The van der Waals surface area contributed by atoms with Gasteiger partial charge in [0.15, 0.2) is 5.82 Å². The Labute approximate surface area is 120 Å². The van der Waals surface area contributed by atoms with Gasteiger partial charge in [0.05, 0.1) is 18.8 Å². The molecular formula is C12H15N5O2S. The summed E-state index contributed by atoms with van der Waals surface area (Å²) in [7, 11) is 0. The first kappa shape index (κ1) is 14.2. The summed E-state index contributed by atoms with van der Waals surface area (Å²) in [6, 6.07) is 1.80. The van der Waals surface area contributed by atoms with Crippen LogP contribution in [0.25, 0.3) is 0 Å². The first-order valence-corrected chi connectivity index (χ1v) is 6.83. The van der Waals surface area contributed by atoms with Crippen LogP contribution in [0.3, 0.4) is 0 Å². The molecule has 0 atom stereocenters. The van der Waals surface area contributed by atoms with E-state index in [9.17, 15) is 4.79 Å². The van der Waals surface area contributed by atoms with Gasteiger partial charge in [0.25, 0.3) is 0 Å². The van der Waals surface area contributed by atoms with E-state index in [0.29, 0.717) is 24.0 Å². The number of nitrogens with two attached hydrogens (primary N) is 1. The highest BCUT2D eigenvalue weighted by molar-refractivity contribution is 7.11. The Morgan fingerprint density at radius 1 is 1.55 bits per heavy atom. The lowest BCUT2D eigenvalue weighted by molar-refractivity contribution is 0.0529. The molecule has 106 valence electrons. The van der Waals surface area contributed by atoms with Crippen molar-refractivity contribution in [2.24, 2.45) is 0 Å². The molecule has 2 heterocycles. The zero-order chi connectivity index (χ0) is 14.5. The minimum atomic E-state index is -0.472. The fraction of sp³-hybridized carbons (Fsp3) is 0.333. The number of ether oxygens (including phenoxy) is 1. The maximum Gasteiger partial charge on any atom is 0.344 e. The number of rotatable bonds is 5. The van der Waals surface area contributed by atoms with Gasteiger partial charge in [-0.2, -0.15) is 4.37 Å². The van der Waals surface area contributed by atoms with Gasteiger partial charge in [-0.1, -0.05) is 0 Å². The van der Waals surface area contributed by atoms with E-state index in [4.69, 9.17) is 10.5 Å². The van der Waals surface area contributed by atoms with Crippen LogP contribution >= 0.6 is 11.5 Å². The van der Waals surface area contributed by atoms with Crippen molar-refractivity contribution in [2.45, 2.75) is 20.4 Å². The number of anilines is 2.